The van der Waals surface area contributed by atoms with E-state index in [0.29, 0.717) is 5.92 Å². The quantitative estimate of drug-likeness (QED) is 0.196. The third-order valence-corrected chi connectivity index (χ3v) is 11.5. The summed E-state index contributed by atoms with van der Waals surface area (Å²) < 4.78 is 6.68. The largest absolute Gasteiger partial charge is 0.489 e. The second-order valence-corrected chi connectivity index (χ2v) is 14.0. The van der Waals surface area contributed by atoms with Crippen LogP contribution in [-0.2, 0) is 0 Å². The van der Waals surface area contributed by atoms with E-state index in [1.54, 1.807) is 0 Å². The van der Waals surface area contributed by atoms with Crippen molar-refractivity contribution in [1.29, 1.82) is 0 Å². The molecular weight excluding hydrogens is 583 g/mol. The molecule has 2 heteroatoms. The van der Waals surface area contributed by atoms with Gasteiger partial charge in [-0.1, -0.05) is 91.3 Å². The SMILES string of the molecule is c1ccc2c(c#1)-c1cccc3c1C1=C(CCC(N(c4ccc5ccccc5c4)c4cccc5c4C4CCCC[C@@H]4O5)=C1)c1cccc-3c1-2. The van der Waals surface area contributed by atoms with Crippen LogP contribution in [0, 0.1) is 12.1 Å². The van der Waals surface area contributed by atoms with Crippen molar-refractivity contribution in [3.8, 4) is 39.1 Å². The highest BCUT2D eigenvalue weighted by atomic mass is 16.5. The zero-order valence-electron chi connectivity index (χ0n) is 26.7. The van der Waals surface area contributed by atoms with E-state index in [4.69, 9.17) is 4.74 Å². The molecule has 1 heterocycles. The summed E-state index contributed by atoms with van der Waals surface area (Å²) in [5.41, 5.74) is 18.3. The van der Waals surface area contributed by atoms with Crippen LogP contribution in [0.2, 0.25) is 0 Å². The summed E-state index contributed by atoms with van der Waals surface area (Å²) in [6.07, 6.45) is 9.60. The Hall–Kier alpha value is -5.52. The molecule has 1 unspecified atom stereocenters. The Morgan fingerprint density at radius 1 is 0.667 bits per heavy atom. The van der Waals surface area contributed by atoms with Crippen molar-refractivity contribution in [1.82, 2.24) is 0 Å². The average molecular weight is 616 g/mol. The highest BCUT2D eigenvalue weighted by Crippen LogP contribution is 2.57. The summed E-state index contributed by atoms with van der Waals surface area (Å²) in [5, 5.41) is 2.53. The minimum atomic E-state index is 0.287. The van der Waals surface area contributed by atoms with Crippen LogP contribution in [0.15, 0.2) is 121 Å². The summed E-state index contributed by atoms with van der Waals surface area (Å²) in [7, 11) is 0. The van der Waals surface area contributed by atoms with Gasteiger partial charge in [-0.05, 0) is 135 Å². The summed E-state index contributed by atoms with van der Waals surface area (Å²) >= 11 is 0. The molecule has 0 spiro atoms. The zero-order valence-corrected chi connectivity index (χ0v) is 26.7. The van der Waals surface area contributed by atoms with Gasteiger partial charge in [-0.25, -0.2) is 0 Å². The second kappa shape index (κ2) is 9.99. The van der Waals surface area contributed by atoms with Crippen molar-refractivity contribution in [2.24, 2.45) is 0 Å². The molecule has 4 aliphatic carbocycles. The maximum atomic E-state index is 6.68. The molecule has 5 aliphatic rings. The van der Waals surface area contributed by atoms with Crippen LogP contribution in [0.25, 0.3) is 55.3 Å². The normalized spacial score (nSPS) is 19.2. The topological polar surface area (TPSA) is 12.5 Å². The lowest BCUT2D eigenvalue weighted by Gasteiger charge is -2.34. The standard InChI is InChI=1S/C46H33NO/c1-2-11-29-26-30(23-22-28(29)10-1)47(41-19-9-21-43-46(41)39-14-5-6-20-42(39)48-43)31-24-25-33-36-16-8-17-37-38-18-7-15-35(45(38)40(33)27-31)32-12-3-4-13-34(32)44(36)37/h1-2,4,7-11,13,15-19,21-23,26-27,39,42H,5-6,14,20,24-25H2/t39?,42-/m0/s1. The van der Waals surface area contributed by atoms with Crippen LogP contribution in [0.5, 0.6) is 5.75 Å². The summed E-state index contributed by atoms with van der Waals surface area (Å²) in [6.45, 7) is 0. The summed E-state index contributed by atoms with van der Waals surface area (Å²) in [5.74, 6) is 1.52. The monoisotopic (exact) mass is 615 g/mol. The Labute approximate surface area is 281 Å². The smallest absolute Gasteiger partial charge is 0.125 e. The van der Waals surface area contributed by atoms with E-state index in [9.17, 15) is 0 Å². The Morgan fingerprint density at radius 2 is 1.48 bits per heavy atom. The van der Waals surface area contributed by atoms with Crippen molar-refractivity contribution in [3.05, 3.63) is 150 Å². The number of rotatable bonds is 3. The molecule has 2 atom stereocenters. The third kappa shape index (κ3) is 3.65. The first-order valence-corrected chi connectivity index (χ1v) is 17.5. The van der Waals surface area contributed by atoms with Crippen LogP contribution in [-0.4, -0.2) is 6.10 Å². The highest BCUT2D eigenvalue weighted by Gasteiger charge is 2.40. The van der Waals surface area contributed by atoms with Gasteiger partial charge in [0.1, 0.15) is 11.9 Å². The van der Waals surface area contributed by atoms with Crippen LogP contribution in [0.1, 0.15) is 61.1 Å². The van der Waals surface area contributed by atoms with Gasteiger partial charge in [0.15, 0.2) is 0 Å². The van der Waals surface area contributed by atoms with Crippen molar-refractivity contribution in [3.63, 3.8) is 0 Å². The minimum Gasteiger partial charge on any atom is -0.489 e. The molecule has 1 aliphatic heterocycles. The van der Waals surface area contributed by atoms with E-state index >= 15 is 0 Å². The van der Waals surface area contributed by atoms with Gasteiger partial charge in [0.2, 0.25) is 0 Å². The van der Waals surface area contributed by atoms with Gasteiger partial charge in [0, 0.05) is 28.4 Å². The first-order valence-electron chi connectivity index (χ1n) is 17.5. The molecule has 0 radical (unpaired) electrons. The average Bonchev–Trinajstić information content (AvgIpc) is 3.48. The lowest BCUT2D eigenvalue weighted by atomic mass is 9.79. The predicted molar refractivity (Wildman–Crippen MR) is 196 cm³/mol. The first kappa shape index (κ1) is 26.5. The number of anilines is 2. The Kier molecular flexibility index (Phi) is 5.52. The number of hydrogen-bond acceptors (Lipinski definition) is 2. The summed E-state index contributed by atoms with van der Waals surface area (Å²) in [6, 6.07) is 47.3. The fourth-order valence-electron chi connectivity index (χ4n) is 9.51. The van der Waals surface area contributed by atoms with Crippen LogP contribution in [0.3, 0.4) is 0 Å². The van der Waals surface area contributed by atoms with Crippen molar-refractivity contribution >= 4 is 33.3 Å². The molecule has 1 saturated carbocycles. The molecular formula is C46H33NO. The van der Waals surface area contributed by atoms with Gasteiger partial charge in [-0.15, -0.1) is 0 Å². The molecule has 0 N–H and O–H groups in total. The van der Waals surface area contributed by atoms with Gasteiger partial charge < -0.3 is 9.64 Å². The van der Waals surface area contributed by atoms with Crippen molar-refractivity contribution in [2.45, 2.75) is 50.5 Å². The number of allylic oxidation sites excluding steroid dienone is 4. The van der Waals surface area contributed by atoms with Crippen LogP contribution >= 0.6 is 0 Å². The molecule has 2 nitrogen and oxygen atoms in total. The summed E-state index contributed by atoms with van der Waals surface area (Å²) in [4.78, 5) is 2.58. The van der Waals surface area contributed by atoms with Gasteiger partial charge >= 0.3 is 0 Å². The predicted octanol–water partition coefficient (Wildman–Crippen LogP) is 11.9. The molecule has 1 fully saturated rings. The highest BCUT2D eigenvalue weighted by molar-refractivity contribution is 6.16. The van der Waals surface area contributed by atoms with Gasteiger partial charge in [-0.2, -0.15) is 0 Å². The Morgan fingerprint density at radius 3 is 2.42 bits per heavy atom. The number of ether oxygens (including phenoxy) is 1. The number of benzene rings is 5. The molecule has 6 aromatic carbocycles. The van der Waals surface area contributed by atoms with Gasteiger partial charge in [0.05, 0.1) is 5.69 Å². The van der Waals surface area contributed by atoms with Crippen LogP contribution in [0.4, 0.5) is 11.4 Å². The molecule has 0 aromatic heterocycles. The molecule has 11 rings (SSSR count). The molecule has 6 aromatic rings. The number of nitrogens with zero attached hydrogens (tertiary/aromatic N) is 1. The van der Waals surface area contributed by atoms with Crippen LogP contribution < -0.4 is 9.64 Å². The fraction of sp³-hybridized carbons (Fsp3) is 0.174. The van der Waals surface area contributed by atoms with E-state index in [1.807, 2.05) is 6.07 Å². The molecule has 0 amide bonds. The van der Waals surface area contributed by atoms with E-state index in [-0.39, 0.29) is 6.10 Å². The molecule has 228 valence electrons. The maximum Gasteiger partial charge on any atom is 0.125 e. The lowest BCUT2D eigenvalue weighted by Crippen LogP contribution is -2.24. The fourth-order valence-corrected chi connectivity index (χ4v) is 9.51. The second-order valence-electron chi connectivity index (χ2n) is 14.0. The number of fused-ring (bicyclic) bond motifs is 7. The molecule has 48 heavy (non-hydrogen) atoms. The Balaban J connectivity index is 1.17. The third-order valence-electron chi connectivity index (χ3n) is 11.5. The van der Waals surface area contributed by atoms with E-state index in [1.165, 1.54) is 103 Å². The Bertz CT molecular complexity index is 2410. The molecule has 0 saturated heterocycles. The van der Waals surface area contributed by atoms with Crippen molar-refractivity contribution < 1.29 is 4.74 Å². The molecule has 6 bridgehead atoms. The minimum absolute atomic E-state index is 0.287. The maximum absolute atomic E-state index is 6.68. The van der Waals surface area contributed by atoms with Gasteiger partial charge in [-0.3, -0.25) is 0 Å². The van der Waals surface area contributed by atoms with E-state index in [2.05, 4.69) is 126 Å². The van der Waals surface area contributed by atoms with Gasteiger partial charge in [0.25, 0.3) is 0 Å². The first-order chi connectivity index (χ1) is 23.8. The number of hydrogen-bond donors (Lipinski definition) is 0. The zero-order chi connectivity index (χ0) is 31.3. The lowest BCUT2D eigenvalue weighted by molar-refractivity contribution is 0.164. The van der Waals surface area contributed by atoms with Crippen molar-refractivity contribution in [2.75, 3.05) is 4.90 Å². The van der Waals surface area contributed by atoms with E-state index < -0.39 is 0 Å². The van der Waals surface area contributed by atoms with E-state index in [0.717, 1.165) is 30.6 Å².